The van der Waals surface area contributed by atoms with Crippen molar-refractivity contribution in [1.82, 2.24) is 4.90 Å². The van der Waals surface area contributed by atoms with E-state index in [-0.39, 0.29) is 23.7 Å². The molecule has 21 heavy (non-hydrogen) atoms. The number of imide groups is 1. The normalized spacial score (nSPS) is 18.2. The Morgan fingerprint density at radius 1 is 1.48 bits per heavy atom. The Balaban J connectivity index is 2.14. The van der Waals surface area contributed by atoms with Crippen molar-refractivity contribution < 1.29 is 18.9 Å². The van der Waals surface area contributed by atoms with Crippen LogP contribution in [0.15, 0.2) is 18.2 Å². The topological polar surface area (TPSA) is 92.6 Å². The van der Waals surface area contributed by atoms with Crippen LogP contribution in [0.25, 0.3) is 0 Å². The summed E-state index contributed by atoms with van der Waals surface area (Å²) in [5.74, 6) is -1.54. The molecule has 1 N–H and O–H groups in total. The molecule has 0 aromatic heterocycles. The second-order valence-electron chi connectivity index (χ2n) is 4.71. The third kappa shape index (κ3) is 2.99. The summed E-state index contributed by atoms with van der Waals surface area (Å²) in [6, 6.07) is 2.26. The molecule has 8 heteroatoms. The van der Waals surface area contributed by atoms with Gasteiger partial charge in [0.2, 0.25) is 5.91 Å². The molecule has 1 aromatic rings. The molecular formula is C13H14FN3O4. The quantitative estimate of drug-likeness (QED) is 0.507. The van der Waals surface area contributed by atoms with Crippen molar-refractivity contribution >= 4 is 23.2 Å². The highest BCUT2D eigenvalue weighted by atomic mass is 19.1. The number of rotatable bonds is 5. The van der Waals surface area contributed by atoms with Crippen LogP contribution in [0.1, 0.15) is 19.8 Å². The fraction of sp³-hybridized carbons (Fsp3) is 0.385. The molecule has 7 nitrogen and oxygen atoms in total. The van der Waals surface area contributed by atoms with E-state index < -0.39 is 22.7 Å². The Morgan fingerprint density at radius 2 is 2.19 bits per heavy atom. The number of amides is 2. The fourth-order valence-corrected chi connectivity index (χ4v) is 2.18. The fourth-order valence-electron chi connectivity index (χ4n) is 2.18. The van der Waals surface area contributed by atoms with Crippen molar-refractivity contribution in [3.63, 3.8) is 0 Å². The molecule has 1 aliphatic rings. The van der Waals surface area contributed by atoms with Gasteiger partial charge in [-0.15, -0.1) is 0 Å². The minimum atomic E-state index is -0.835. The monoisotopic (exact) mass is 295 g/mol. The lowest BCUT2D eigenvalue weighted by molar-refractivity contribution is -0.385. The van der Waals surface area contributed by atoms with Crippen LogP contribution >= 0.6 is 0 Å². The summed E-state index contributed by atoms with van der Waals surface area (Å²) in [4.78, 5) is 34.7. The van der Waals surface area contributed by atoms with Gasteiger partial charge in [-0.1, -0.05) is 6.92 Å². The first-order valence-corrected chi connectivity index (χ1v) is 6.48. The highest BCUT2D eigenvalue weighted by Crippen LogP contribution is 2.24. The Kier molecular flexibility index (Phi) is 4.15. The predicted molar refractivity (Wildman–Crippen MR) is 72.1 cm³/mol. The molecule has 1 fully saturated rings. The van der Waals surface area contributed by atoms with Crippen molar-refractivity contribution in [2.24, 2.45) is 0 Å². The van der Waals surface area contributed by atoms with E-state index in [1.807, 2.05) is 6.92 Å². The maximum atomic E-state index is 13.8. The average Bonchev–Trinajstić information content (AvgIpc) is 2.69. The van der Waals surface area contributed by atoms with Gasteiger partial charge in [0.05, 0.1) is 23.1 Å². The number of nitro groups is 1. The number of carbonyl (C=O) groups is 2. The van der Waals surface area contributed by atoms with E-state index >= 15 is 0 Å². The lowest BCUT2D eigenvalue weighted by Crippen LogP contribution is -2.35. The van der Waals surface area contributed by atoms with E-state index in [9.17, 15) is 24.1 Å². The van der Waals surface area contributed by atoms with Crippen molar-refractivity contribution in [2.45, 2.75) is 25.8 Å². The zero-order valence-corrected chi connectivity index (χ0v) is 11.3. The van der Waals surface area contributed by atoms with Crippen molar-refractivity contribution in [1.29, 1.82) is 0 Å². The van der Waals surface area contributed by atoms with Crippen molar-refractivity contribution in [2.75, 3.05) is 11.9 Å². The van der Waals surface area contributed by atoms with Crippen molar-refractivity contribution in [3.05, 3.63) is 34.1 Å². The van der Waals surface area contributed by atoms with E-state index in [4.69, 9.17) is 0 Å². The Morgan fingerprint density at radius 3 is 2.76 bits per heavy atom. The zero-order chi connectivity index (χ0) is 15.6. The Bertz CT molecular complexity index is 605. The summed E-state index contributed by atoms with van der Waals surface area (Å²) in [7, 11) is 0. The largest absolute Gasteiger partial charge is 0.371 e. The minimum absolute atomic E-state index is 0.0369. The second-order valence-corrected chi connectivity index (χ2v) is 4.71. The molecule has 0 radical (unpaired) electrons. The molecule has 0 saturated carbocycles. The van der Waals surface area contributed by atoms with E-state index in [0.29, 0.717) is 13.0 Å². The van der Waals surface area contributed by atoms with E-state index in [1.54, 1.807) is 0 Å². The maximum Gasteiger partial charge on any atom is 0.272 e. The number of nitrogens with zero attached hydrogens (tertiary/aromatic N) is 2. The van der Waals surface area contributed by atoms with Crippen LogP contribution < -0.4 is 5.32 Å². The SMILES string of the molecule is CCCN1C(=O)CC(Nc2ccc([N+](=O)[O-])cc2F)C1=O. The van der Waals surface area contributed by atoms with Crippen LogP contribution in [-0.2, 0) is 9.59 Å². The molecule has 1 unspecified atom stereocenters. The zero-order valence-electron chi connectivity index (χ0n) is 11.3. The van der Waals surface area contributed by atoms with E-state index in [0.717, 1.165) is 17.0 Å². The first kappa shape index (κ1) is 14.9. The van der Waals surface area contributed by atoms with Gasteiger partial charge in [0.15, 0.2) is 5.82 Å². The molecule has 1 saturated heterocycles. The summed E-state index contributed by atoms with van der Waals surface area (Å²) in [6.45, 7) is 2.18. The minimum Gasteiger partial charge on any atom is -0.371 e. The van der Waals surface area contributed by atoms with Gasteiger partial charge in [0.25, 0.3) is 11.6 Å². The van der Waals surface area contributed by atoms with E-state index in [2.05, 4.69) is 5.32 Å². The number of hydrogen-bond acceptors (Lipinski definition) is 5. The standard InChI is InChI=1S/C13H14FN3O4/c1-2-5-16-12(18)7-11(13(16)19)15-10-4-3-8(17(20)21)6-9(10)14/h3-4,6,11,15H,2,5,7H2,1H3. The summed E-state index contributed by atoms with van der Waals surface area (Å²) in [6.07, 6.45) is 0.603. The smallest absolute Gasteiger partial charge is 0.272 e. The summed E-state index contributed by atoms with van der Waals surface area (Å²) < 4.78 is 13.8. The van der Waals surface area contributed by atoms with Gasteiger partial charge >= 0.3 is 0 Å². The number of benzene rings is 1. The van der Waals surface area contributed by atoms with Gasteiger partial charge in [-0.3, -0.25) is 24.6 Å². The molecule has 2 amide bonds. The molecule has 1 aromatic carbocycles. The molecular weight excluding hydrogens is 281 g/mol. The first-order chi connectivity index (χ1) is 9.93. The summed E-state index contributed by atoms with van der Waals surface area (Å²) >= 11 is 0. The average molecular weight is 295 g/mol. The number of halogens is 1. The molecule has 1 atom stereocenters. The molecule has 112 valence electrons. The van der Waals surface area contributed by atoms with Crippen molar-refractivity contribution in [3.8, 4) is 0 Å². The first-order valence-electron chi connectivity index (χ1n) is 6.48. The van der Waals surface area contributed by atoms with Crippen LogP contribution in [0.3, 0.4) is 0 Å². The molecule has 0 spiro atoms. The molecule has 2 rings (SSSR count). The Labute approximate surface area is 119 Å². The van der Waals surface area contributed by atoms with Gasteiger partial charge in [-0.25, -0.2) is 4.39 Å². The van der Waals surface area contributed by atoms with Crippen LogP contribution in [0.5, 0.6) is 0 Å². The molecule has 0 bridgehead atoms. The highest BCUT2D eigenvalue weighted by Gasteiger charge is 2.38. The number of nitrogens with one attached hydrogen (secondary N) is 1. The van der Waals surface area contributed by atoms with Crippen LogP contribution in [0.4, 0.5) is 15.8 Å². The van der Waals surface area contributed by atoms with Gasteiger partial charge in [0.1, 0.15) is 6.04 Å². The van der Waals surface area contributed by atoms with Crippen LogP contribution in [-0.4, -0.2) is 34.2 Å². The predicted octanol–water partition coefficient (Wildman–Crippen LogP) is 1.68. The van der Waals surface area contributed by atoms with Gasteiger partial charge in [-0.05, 0) is 12.5 Å². The third-order valence-corrected chi connectivity index (χ3v) is 3.18. The maximum absolute atomic E-state index is 13.8. The lowest BCUT2D eigenvalue weighted by Gasteiger charge is -2.15. The lowest BCUT2D eigenvalue weighted by atomic mass is 10.2. The second kappa shape index (κ2) is 5.86. The Hall–Kier alpha value is -2.51. The summed E-state index contributed by atoms with van der Waals surface area (Å²) in [5.41, 5.74) is -0.412. The summed E-state index contributed by atoms with van der Waals surface area (Å²) in [5, 5.41) is 13.2. The number of carbonyl (C=O) groups excluding carboxylic acids is 2. The number of anilines is 1. The van der Waals surface area contributed by atoms with Gasteiger partial charge in [-0.2, -0.15) is 0 Å². The number of hydrogen-bond donors (Lipinski definition) is 1. The van der Waals surface area contributed by atoms with Crippen LogP contribution in [0.2, 0.25) is 0 Å². The number of likely N-dealkylation sites (tertiary alicyclic amines) is 1. The van der Waals surface area contributed by atoms with E-state index in [1.165, 1.54) is 6.07 Å². The van der Waals surface area contributed by atoms with Gasteiger partial charge < -0.3 is 5.32 Å². The highest BCUT2D eigenvalue weighted by molar-refractivity contribution is 6.06. The molecule has 0 aliphatic carbocycles. The van der Waals surface area contributed by atoms with Gasteiger partial charge in [0, 0.05) is 12.6 Å². The molecule has 1 aliphatic heterocycles. The molecule has 1 heterocycles. The number of non-ortho nitro benzene ring substituents is 1. The third-order valence-electron chi connectivity index (χ3n) is 3.18. The number of nitro benzene ring substituents is 1. The van der Waals surface area contributed by atoms with Crippen LogP contribution in [0, 0.1) is 15.9 Å².